The molecule has 3 N–H and O–H groups in total. The molecule has 0 radical (unpaired) electrons. The molecule has 0 aromatic heterocycles. The van der Waals surface area contributed by atoms with Crippen LogP contribution in [0.1, 0.15) is 41.0 Å². The number of hydrogen-bond donors (Lipinski definition) is 3. The van der Waals surface area contributed by atoms with Crippen LogP contribution < -0.4 is 10.8 Å². The highest BCUT2D eigenvalue weighted by Crippen LogP contribution is 2.23. The van der Waals surface area contributed by atoms with Crippen molar-refractivity contribution in [2.24, 2.45) is 5.92 Å². The molecule has 1 unspecified atom stereocenters. The highest BCUT2D eigenvalue weighted by Gasteiger charge is 2.29. The van der Waals surface area contributed by atoms with Crippen molar-refractivity contribution in [2.75, 3.05) is 0 Å². The lowest BCUT2D eigenvalue weighted by atomic mass is 9.90. The Labute approximate surface area is 105 Å². The third-order valence-corrected chi connectivity index (χ3v) is 2.28. The quantitative estimate of drug-likeness (QED) is 0.238. The molecule has 0 aliphatic carbocycles. The number of halogens is 1. The van der Waals surface area contributed by atoms with E-state index in [4.69, 9.17) is 5.21 Å². The number of alkyl halides is 1. The lowest BCUT2D eigenvalue weighted by Gasteiger charge is -2.35. The van der Waals surface area contributed by atoms with Gasteiger partial charge in [0, 0.05) is 11.5 Å². The summed E-state index contributed by atoms with van der Waals surface area (Å²) >= 11 is 2.31. The van der Waals surface area contributed by atoms with Crippen LogP contribution in [0, 0.1) is 5.92 Å². The van der Waals surface area contributed by atoms with Crippen molar-refractivity contribution in [1.82, 2.24) is 10.8 Å². The van der Waals surface area contributed by atoms with Crippen molar-refractivity contribution in [3.05, 3.63) is 0 Å². The summed E-state index contributed by atoms with van der Waals surface area (Å²) in [6, 6.07) is 0. The third kappa shape index (κ3) is 7.08. The van der Waals surface area contributed by atoms with Gasteiger partial charge in [-0.05, 0) is 34.1 Å². The molecule has 4 nitrogen and oxygen atoms in total. The highest BCUT2D eigenvalue weighted by atomic mass is 127. The van der Waals surface area contributed by atoms with Crippen LogP contribution in [0.25, 0.3) is 0 Å². The largest absolute Gasteiger partial charge is 0.298 e. The second-order valence-electron chi connectivity index (χ2n) is 5.06. The maximum absolute atomic E-state index is 11.2. The van der Waals surface area contributed by atoms with Gasteiger partial charge in [-0.2, -0.15) is 0 Å². The van der Waals surface area contributed by atoms with Crippen LogP contribution >= 0.6 is 22.6 Å². The average molecular weight is 328 g/mol. The molecule has 0 aromatic rings. The minimum Gasteiger partial charge on any atom is -0.298 e. The number of nitrogens with one attached hydrogen (secondary N) is 2. The Morgan fingerprint density at radius 2 is 1.87 bits per heavy atom. The van der Waals surface area contributed by atoms with Gasteiger partial charge in [0.15, 0.2) is 0 Å². The molecule has 0 saturated heterocycles. The Hall–Kier alpha value is 0.120. The third-order valence-electron chi connectivity index (χ3n) is 2.01. The summed E-state index contributed by atoms with van der Waals surface area (Å²) in [6.07, 6.45) is 0.672. The summed E-state index contributed by atoms with van der Waals surface area (Å²) in [6.45, 7) is 10.1. The predicted octanol–water partition coefficient (Wildman–Crippen LogP) is 2.06. The Balaban J connectivity index is 4.31. The van der Waals surface area contributed by atoms with E-state index in [1.165, 1.54) is 0 Å². The van der Waals surface area contributed by atoms with Gasteiger partial charge in [0.2, 0.25) is 5.91 Å². The zero-order valence-electron chi connectivity index (χ0n) is 10.0. The normalized spacial score (nSPS) is 14.9. The van der Waals surface area contributed by atoms with Crippen LogP contribution in [0.15, 0.2) is 0 Å². The molecule has 0 bridgehead atoms. The predicted molar refractivity (Wildman–Crippen MR) is 69.0 cm³/mol. The van der Waals surface area contributed by atoms with E-state index in [0.717, 1.165) is 0 Å². The molecule has 0 saturated carbocycles. The minimum absolute atomic E-state index is 0.0172. The molecule has 0 heterocycles. The smallest absolute Gasteiger partial charge is 0.246 e. The van der Waals surface area contributed by atoms with Crippen molar-refractivity contribution >= 4 is 28.5 Å². The van der Waals surface area contributed by atoms with E-state index in [1.54, 1.807) is 12.4 Å². The van der Waals surface area contributed by atoms with Gasteiger partial charge >= 0.3 is 0 Å². The molecule has 1 atom stereocenters. The zero-order chi connectivity index (χ0) is 12.3. The molecule has 15 heavy (non-hydrogen) atoms. The van der Waals surface area contributed by atoms with E-state index in [-0.39, 0.29) is 20.9 Å². The van der Waals surface area contributed by atoms with Crippen molar-refractivity contribution in [3.8, 4) is 0 Å². The molecule has 0 rings (SSSR count). The maximum Gasteiger partial charge on any atom is 0.246 e. The number of amides is 1. The number of hydroxylamine groups is 1. The number of hydrogen-bond acceptors (Lipinski definition) is 3. The molecule has 0 spiro atoms. The van der Waals surface area contributed by atoms with Gasteiger partial charge in [-0.1, -0.05) is 29.5 Å². The Kier molecular flexibility index (Phi) is 5.49. The summed E-state index contributed by atoms with van der Waals surface area (Å²) in [4.78, 5) is 11.2. The highest BCUT2D eigenvalue weighted by molar-refractivity contribution is 14.1. The van der Waals surface area contributed by atoms with Gasteiger partial charge in [-0.15, -0.1) is 0 Å². The van der Waals surface area contributed by atoms with Crippen molar-refractivity contribution in [2.45, 2.75) is 50.1 Å². The molecular formula is C10H21IN2O2. The van der Waals surface area contributed by atoms with E-state index >= 15 is 0 Å². The van der Waals surface area contributed by atoms with Gasteiger partial charge in [0.25, 0.3) is 0 Å². The monoisotopic (exact) mass is 328 g/mol. The number of carbonyl (C=O) groups is 1. The topological polar surface area (TPSA) is 61.4 Å². The standard InChI is InChI=1S/C10H21IN2O2/c1-7(8(14)12-15)6-9(2,3)13-10(4,5)11/h7,13,15H,6H2,1-5H3,(H,12,14). The second kappa shape index (κ2) is 5.45. The van der Waals surface area contributed by atoms with Crippen molar-refractivity contribution in [3.63, 3.8) is 0 Å². The van der Waals surface area contributed by atoms with E-state index in [0.29, 0.717) is 6.42 Å². The van der Waals surface area contributed by atoms with Crippen LogP contribution in [0.3, 0.4) is 0 Å². The number of carbonyl (C=O) groups excluding carboxylic acids is 1. The van der Waals surface area contributed by atoms with Crippen molar-refractivity contribution < 1.29 is 10.0 Å². The first-order valence-electron chi connectivity index (χ1n) is 4.99. The molecular weight excluding hydrogens is 307 g/mol. The van der Waals surface area contributed by atoms with Crippen LogP contribution in [0.4, 0.5) is 0 Å². The Bertz CT molecular complexity index is 224. The number of rotatable bonds is 5. The SMILES string of the molecule is CC(CC(C)(C)NC(C)(C)I)C(=O)NO. The van der Waals surface area contributed by atoms with Gasteiger partial charge in [0.1, 0.15) is 0 Å². The molecule has 0 aliphatic rings. The summed E-state index contributed by atoms with van der Waals surface area (Å²) < 4.78 is -0.0172. The lowest BCUT2D eigenvalue weighted by molar-refractivity contribution is -0.133. The molecule has 1 amide bonds. The van der Waals surface area contributed by atoms with Gasteiger partial charge in [-0.3, -0.25) is 15.3 Å². The first-order chi connectivity index (χ1) is 6.57. The summed E-state index contributed by atoms with van der Waals surface area (Å²) in [5.41, 5.74) is 1.54. The van der Waals surface area contributed by atoms with E-state index in [2.05, 4.69) is 55.6 Å². The van der Waals surface area contributed by atoms with Gasteiger partial charge < -0.3 is 0 Å². The van der Waals surface area contributed by atoms with Crippen LogP contribution in [0.2, 0.25) is 0 Å². The van der Waals surface area contributed by atoms with E-state index in [9.17, 15) is 4.79 Å². The van der Waals surface area contributed by atoms with Gasteiger partial charge in [-0.25, -0.2) is 5.48 Å². The maximum atomic E-state index is 11.2. The average Bonchev–Trinajstić information content (AvgIpc) is 1.96. The lowest BCUT2D eigenvalue weighted by Crippen LogP contribution is -2.50. The summed E-state index contributed by atoms with van der Waals surface area (Å²) in [5.74, 6) is -0.549. The van der Waals surface area contributed by atoms with Gasteiger partial charge in [0.05, 0.1) is 3.55 Å². The zero-order valence-corrected chi connectivity index (χ0v) is 12.2. The molecule has 5 heteroatoms. The molecule has 0 fully saturated rings. The fourth-order valence-corrected chi connectivity index (χ4v) is 2.55. The van der Waals surface area contributed by atoms with E-state index in [1.807, 2.05) is 0 Å². The fourth-order valence-electron chi connectivity index (χ4n) is 1.82. The summed E-state index contributed by atoms with van der Waals surface area (Å²) in [5, 5.41) is 11.9. The minimum atomic E-state index is -0.337. The van der Waals surface area contributed by atoms with E-state index < -0.39 is 0 Å². The molecule has 0 aliphatic heterocycles. The first-order valence-corrected chi connectivity index (χ1v) is 6.07. The van der Waals surface area contributed by atoms with Crippen LogP contribution in [-0.4, -0.2) is 20.2 Å². The summed E-state index contributed by atoms with van der Waals surface area (Å²) in [7, 11) is 0. The fraction of sp³-hybridized carbons (Fsp3) is 0.900. The Morgan fingerprint density at radius 1 is 1.40 bits per heavy atom. The first kappa shape index (κ1) is 15.1. The Morgan fingerprint density at radius 3 is 2.20 bits per heavy atom. The second-order valence-corrected chi connectivity index (χ2v) is 7.76. The molecule has 90 valence electrons. The van der Waals surface area contributed by atoms with Crippen molar-refractivity contribution in [1.29, 1.82) is 0 Å². The molecule has 0 aromatic carbocycles. The van der Waals surface area contributed by atoms with Crippen LogP contribution in [-0.2, 0) is 4.79 Å². The van der Waals surface area contributed by atoms with Crippen LogP contribution in [0.5, 0.6) is 0 Å².